The minimum Gasteiger partial charge on any atom is -0.325 e. The molecule has 2 aromatic rings. The highest BCUT2D eigenvalue weighted by atomic mass is 32.2. The lowest BCUT2D eigenvalue weighted by Gasteiger charge is -2.12. The first kappa shape index (κ1) is 18.1. The first-order chi connectivity index (χ1) is 11.6. The molecule has 0 fully saturated rings. The van der Waals surface area contributed by atoms with Gasteiger partial charge in [0.25, 0.3) is 0 Å². The maximum Gasteiger partial charge on any atom is 0.234 e. The molecule has 0 radical (unpaired) electrons. The first-order valence-corrected chi connectivity index (χ1v) is 9.06. The summed E-state index contributed by atoms with van der Waals surface area (Å²) in [6, 6.07) is 15.3. The predicted molar refractivity (Wildman–Crippen MR) is 102 cm³/mol. The van der Waals surface area contributed by atoms with Gasteiger partial charge >= 0.3 is 0 Å². The Bertz CT molecular complexity index is 702. The van der Waals surface area contributed by atoms with Crippen LogP contribution >= 0.6 is 11.8 Å². The van der Waals surface area contributed by atoms with Gasteiger partial charge in [0, 0.05) is 11.4 Å². The van der Waals surface area contributed by atoms with Crippen LogP contribution < -0.4 is 10.6 Å². The summed E-state index contributed by atoms with van der Waals surface area (Å²) in [7, 11) is 0. The molecule has 0 unspecified atom stereocenters. The van der Waals surface area contributed by atoms with E-state index in [-0.39, 0.29) is 23.3 Å². The van der Waals surface area contributed by atoms with E-state index in [4.69, 9.17) is 0 Å². The van der Waals surface area contributed by atoms with Crippen LogP contribution in [-0.2, 0) is 16.0 Å². The van der Waals surface area contributed by atoms with Crippen molar-refractivity contribution in [3.8, 4) is 0 Å². The van der Waals surface area contributed by atoms with Gasteiger partial charge < -0.3 is 10.6 Å². The molecule has 0 spiro atoms. The van der Waals surface area contributed by atoms with Crippen LogP contribution in [0.25, 0.3) is 0 Å². The van der Waals surface area contributed by atoms with E-state index in [2.05, 4.69) is 17.6 Å². The zero-order valence-electron chi connectivity index (χ0n) is 14.0. The molecule has 2 aromatic carbocycles. The lowest BCUT2D eigenvalue weighted by molar-refractivity contribution is -0.114. The number of benzene rings is 2. The van der Waals surface area contributed by atoms with Gasteiger partial charge in [-0.15, -0.1) is 11.8 Å². The summed E-state index contributed by atoms with van der Waals surface area (Å²) in [5.74, 6) is 0.303. The van der Waals surface area contributed by atoms with Crippen molar-refractivity contribution in [1.29, 1.82) is 0 Å². The third-order valence-corrected chi connectivity index (χ3v) is 4.46. The minimum absolute atomic E-state index is 0.0866. The molecule has 4 nitrogen and oxygen atoms in total. The number of hydrogen-bond donors (Lipinski definition) is 2. The quantitative estimate of drug-likeness (QED) is 0.803. The number of para-hydroxylation sites is 2. The van der Waals surface area contributed by atoms with Crippen molar-refractivity contribution < 1.29 is 9.59 Å². The summed E-state index contributed by atoms with van der Waals surface area (Å²) < 4.78 is 0. The molecule has 5 heteroatoms. The second kappa shape index (κ2) is 9.13. The topological polar surface area (TPSA) is 58.2 Å². The summed E-state index contributed by atoms with van der Waals surface area (Å²) >= 11 is 1.30. The van der Waals surface area contributed by atoms with Crippen molar-refractivity contribution in [3.05, 3.63) is 59.7 Å². The molecule has 24 heavy (non-hydrogen) atoms. The molecule has 0 heterocycles. The zero-order chi connectivity index (χ0) is 17.4. The fourth-order valence-electron chi connectivity index (χ4n) is 2.33. The Morgan fingerprint density at radius 1 is 0.917 bits per heavy atom. The van der Waals surface area contributed by atoms with Crippen molar-refractivity contribution in [2.45, 2.75) is 20.3 Å². The van der Waals surface area contributed by atoms with E-state index in [9.17, 15) is 9.59 Å². The third-order valence-electron chi connectivity index (χ3n) is 3.53. The van der Waals surface area contributed by atoms with Gasteiger partial charge in [0.15, 0.2) is 0 Å². The SMILES string of the molecule is CCc1cccc(C)c1NC(=O)CSCC(=O)Nc1ccccc1. The minimum atomic E-state index is -0.107. The van der Waals surface area contributed by atoms with Crippen LogP contribution in [0.4, 0.5) is 11.4 Å². The molecule has 126 valence electrons. The van der Waals surface area contributed by atoms with E-state index in [1.807, 2.05) is 55.5 Å². The zero-order valence-corrected chi connectivity index (χ0v) is 14.8. The molecule has 0 aliphatic rings. The van der Waals surface area contributed by atoms with Gasteiger partial charge in [0.2, 0.25) is 11.8 Å². The van der Waals surface area contributed by atoms with E-state index < -0.39 is 0 Å². The number of anilines is 2. The van der Waals surface area contributed by atoms with E-state index in [1.165, 1.54) is 11.8 Å². The number of rotatable bonds is 7. The van der Waals surface area contributed by atoms with Gasteiger partial charge in [0.1, 0.15) is 0 Å². The number of carbonyl (C=O) groups excluding carboxylic acids is 2. The molecule has 0 saturated heterocycles. The van der Waals surface area contributed by atoms with Gasteiger partial charge in [0.05, 0.1) is 11.5 Å². The van der Waals surface area contributed by atoms with Crippen molar-refractivity contribution >= 4 is 35.0 Å². The van der Waals surface area contributed by atoms with Crippen LogP contribution in [0, 0.1) is 6.92 Å². The Balaban J connectivity index is 1.79. The molecule has 0 bridgehead atoms. The Morgan fingerprint density at radius 3 is 2.25 bits per heavy atom. The van der Waals surface area contributed by atoms with Gasteiger partial charge in [-0.25, -0.2) is 0 Å². The van der Waals surface area contributed by atoms with E-state index in [1.54, 1.807) is 0 Å². The van der Waals surface area contributed by atoms with Gasteiger partial charge in [-0.3, -0.25) is 9.59 Å². The van der Waals surface area contributed by atoms with Gasteiger partial charge in [-0.1, -0.05) is 43.3 Å². The van der Waals surface area contributed by atoms with Crippen molar-refractivity contribution in [2.24, 2.45) is 0 Å². The van der Waals surface area contributed by atoms with Crippen molar-refractivity contribution in [2.75, 3.05) is 22.1 Å². The monoisotopic (exact) mass is 342 g/mol. The number of hydrogen-bond acceptors (Lipinski definition) is 3. The highest BCUT2D eigenvalue weighted by Crippen LogP contribution is 2.21. The summed E-state index contributed by atoms with van der Waals surface area (Å²) in [6.45, 7) is 4.04. The van der Waals surface area contributed by atoms with Gasteiger partial charge in [-0.2, -0.15) is 0 Å². The second-order valence-electron chi connectivity index (χ2n) is 5.42. The molecule has 0 aromatic heterocycles. The Labute approximate surface area is 147 Å². The van der Waals surface area contributed by atoms with Crippen LogP contribution in [0.3, 0.4) is 0 Å². The molecular weight excluding hydrogens is 320 g/mol. The maximum atomic E-state index is 12.1. The number of amides is 2. The molecule has 2 N–H and O–H groups in total. The maximum absolute atomic E-state index is 12.1. The average molecular weight is 342 g/mol. The van der Waals surface area contributed by atoms with Crippen LogP contribution in [0.2, 0.25) is 0 Å². The lowest BCUT2D eigenvalue weighted by Crippen LogP contribution is -2.19. The summed E-state index contributed by atoms with van der Waals surface area (Å²) in [5.41, 5.74) is 3.82. The van der Waals surface area contributed by atoms with E-state index in [0.717, 1.165) is 28.9 Å². The van der Waals surface area contributed by atoms with Gasteiger partial charge in [-0.05, 0) is 36.6 Å². The highest BCUT2D eigenvalue weighted by molar-refractivity contribution is 8.00. The Hall–Kier alpha value is -2.27. The molecule has 2 amide bonds. The summed E-state index contributed by atoms with van der Waals surface area (Å²) in [5, 5.41) is 5.76. The third kappa shape index (κ3) is 5.42. The molecule has 0 atom stereocenters. The fourth-order valence-corrected chi connectivity index (χ4v) is 2.95. The van der Waals surface area contributed by atoms with Crippen molar-refractivity contribution in [1.82, 2.24) is 0 Å². The Kier molecular flexibility index (Phi) is 6.88. The number of thioether (sulfide) groups is 1. The lowest BCUT2D eigenvalue weighted by atomic mass is 10.1. The molecule has 0 aliphatic carbocycles. The largest absolute Gasteiger partial charge is 0.325 e. The number of aryl methyl sites for hydroxylation is 2. The van der Waals surface area contributed by atoms with Crippen LogP contribution in [0.15, 0.2) is 48.5 Å². The second-order valence-corrected chi connectivity index (χ2v) is 6.40. The smallest absolute Gasteiger partial charge is 0.234 e. The standard InChI is InChI=1S/C19H22N2O2S/c1-3-15-9-7-8-14(2)19(15)21-18(23)13-24-12-17(22)20-16-10-5-4-6-11-16/h4-11H,3,12-13H2,1-2H3,(H,20,22)(H,21,23). The van der Waals surface area contributed by atoms with E-state index >= 15 is 0 Å². The fraction of sp³-hybridized carbons (Fsp3) is 0.263. The molecule has 0 aliphatic heterocycles. The highest BCUT2D eigenvalue weighted by Gasteiger charge is 2.10. The molecule has 0 saturated carbocycles. The molecular formula is C19H22N2O2S. The predicted octanol–water partition coefficient (Wildman–Crippen LogP) is 3.87. The van der Waals surface area contributed by atoms with Crippen LogP contribution in [0.1, 0.15) is 18.1 Å². The van der Waals surface area contributed by atoms with Crippen LogP contribution in [-0.4, -0.2) is 23.3 Å². The summed E-state index contributed by atoms with van der Waals surface area (Å²) in [6.07, 6.45) is 0.865. The normalized spacial score (nSPS) is 10.2. The Morgan fingerprint density at radius 2 is 1.58 bits per heavy atom. The average Bonchev–Trinajstić information content (AvgIpc) is 2.57. The number of nitrogens with one attached hydrogen (secondary N) is 2. The molecule has 2 rings (SSSR count). The van der Waals surface area contributed by atoms with Crippen molar-refractivity contribution in [3.63, 3.8) is 0 Å². The van der Waals surface area contributed by atoms with Crippen LogP contribution in [0.5, 0.6) is 0 Å². The first-order valence-electron chi connectivity index (χ1n) is 7.91. The summed E-state index contributed by atoms with van der Waals surface area (Å²) in [4.78, 5) is 24.0. The van der Waals surface area contributed by atoms with E-state index in [0.29, 0.717) is 0 Å². The number of carbonyl (C=O) groups is 2.